The maximum atomic E-state index is 12.5. The summed E-state index contributed by atoms with van der Waals surface area (Å²) in [5, 5.41) is 1.23. The molecule has 1 aliphatic heterocycles. The van der Waals surface area contributed by atoms with E-state index in [1.807, 2.05) is 30.2 Å². The van der Waals surface area contributed by atoms with Gasteiger partial charge in [0.25, 0.3) is 0 Å². The van der Waals surface area contributed by atoms with Gasteiger partial charge < -0.3 is 15.6 Å². The number of hydrogen-bond acceptors (Lipinski definition) is 2. The Morgan fingerprint density at radius 1 is 1.33 bits per heavy atom. The number of piperidine rings is 1. The minimum absolute atomic E-state index is 0.127. The van der Waals surface area contributed by atoms with Crippen LogP contribution in [-0.4, -0.2) is 34.8 Å². The highest BCUT2D eigenvalue weighted by atomic mass is 16.2. The predicted molar refractivity (Wildman–Crippen MR) is 94.4 cm³/mol. The van der Waals surface area contributed by atoms with Crippen molar-refractivity contribution < 1.29 is 9.59 Å². The summed E-state index contributed by atoms with van der Waals surface area (Å²) in [5.41, 5.74) is 7.30. The topological polar surface area (TPSA) is 79.2 Å². The van der Waals surface area contributed by atoms with E-state index in [0.717, 1.165) is 37.7 Å². The first-order valence-corrected chi connectivity index (χ1v) is 8.62. The van der Waals surface area contributed by atoms with Crippen LogP contribution in [0.3, 0.4) is 0 Å². The molecular weight excluding hydrogens is 302 g/mol. The molecule has 0 aliphatic carbocycles. The molecule has 1 aromatic carbocycles. The Bertz CT molecular complexity index is 752. The lowest BCUT2D eigenvalue weighted by Gasteiger charge is -2.38. The second-order valence-electron chi connectivity index (χ2n) is 7.06. The van der Waals surface area contributed by atoms with Crippen LogP contribution in [-0.2, 0) is 16.0 Å². The minimum Gasteiger partial charge on any atom is -0.369 e. The second kappa shape index (κ2) is 6.67. The Morgan fingerprint density at radius 3 is 2.92 bits per heavy atom. The van der Waals surface area contributed by atoms with Gasteiger partial charge in [-0.2, -0.15) is 0 Å². The number of nitrogens with one attached hydrogen (secondary N) is 1. The molecule has 1 fully saturated rings. The fourth-order valence-electron chi connectivity index (χ4n) is 3.58. The van der Waals surface area contributed by atoms with Gasteiger partial charge in [-0.15, -0.1) is 0 Å². The molecule has 5 heteroatoms. The van der Waals surface area contributed by atoms with Gasteiger partial charge in [0.1, 0.15) is 0 Å². The van der Waals surface area contributed by atoms with Gasteiger partial charge in [-0.25, -0.2) is 0 Å². The number of carbonyl (C=O) groups excluding carboxylic acids is 2. The molecule has 1 saturated heterocycles. The van der Waals surface area contributed by atoms with Crippen LogP contribution < -0.4 is 5.73 Å². The summed E-state index contributed by atoms with van der Waals surface area (Å²) in [5.74, 6) is -0.180. The number of amides is 2. The molecule has 3 N–H and O–H groups in total. The smallest absolute Gasteiger partial charge is 0.225 e. The number of nitrogens with two attached hydrogens (primary N) is 1. The van der Waals surface area contributed by atoms with Gasteiger partial charge in [0.15, 0.2) is 0 Å². The molecule has 0 saturated carbocycles. The average molecular weight is 327 g/mol. The molecule has 0 spiro atoms. The van der Waals surface area contributed by atoms with Crippen LogP contribution in [0.1, 0.15) is 38.2 Å². The normalized spacial score (nSPS) is 21.1. The van der Waals surface area contributed by atoms with E-state index < -0.39 is 5.41 Å². The molecule has 3 rings (SSSR count). The van der Waals surface area contributed by atoms with Gasteiger partial charge in [0.2, 0.25) is 11.8 Å². The number of hydrogen-bond donors (Lipinski definition) is 2. The Hall–Kier alpha value is -2.30. The Morgan fingerprint density at radius 2 is 2.12 bits per heavy atom. The lowest BCUT2D eigenvalue weighted by molar-refractivity contribution is -0.139. The van der Waals surface area contributed by atoms with Gasteiger partial charge in [0.05, 0.1) is 5.41 Å². The van der Waals surface area contributed by atoms with E-state index in [0.29, 0.717) is 13.0 Å². The predicted octanol–water partition coefficient (Wildman–Crippen LogP) is 2.60. The molecule has 2 aromatic rings. The van der Waals surface area contributed by atoms with Crippen LogP contribution in [0.5, 0.6) is 0 Å². The number of primary amides is 1. The summed E-state index contributed by atoms with van der Waals surface area (Å²) >= 11 is 0. The van der Waals surface area contributed by atoms with E-state index >= 15 is 0 Å². The number of aromatic amines is 1. The molecule has 0 radical (unpaired) electrons. The minimum atomic E-state index is -0.579. The standard InChI is InChI=1S/C19H25N3O2/c1-19(18(20)24)10-5-11-22(13-19)17(23)9-4-6-14-12-21-16-8-3-2-7-15(14)16/h2-3,7-8,12,21H,4-6,9-11,13H2,1H3,(H2,20,24). The van der Waals surface area contributed by atoms with Crippen molar-refractivity contribution in [1.29, 1.82) is 0 Å². The van der Waals surface area contributed by atoms with Crippen molar-refractivity contribution >= 4 is 22.7 Å². The van der Waals surface area contributed by atoms with E-state index in [2.05, 4.69) is 17.1 Å². The molecule has 1 aliphatic rings. The molecule has 2 heterocycles. The molecule has 24 heavy (non-hydrogen) atoms. The Kier molecular flexibility index (Phi) is 4.60. The fraction of sp³-hybridized carbons (Fsp3) is 0.474. The Labute approximate surface area is 142 Å². The number of H-pyrrole nitrogens is 1. The highest BCUT2D eigenvalue weighted by Crippen LogP contribution is 2.29. The quantitative estimate of drug-likeness (QED) is 0.885. The van der Waals surface area contributed by atoms with Crippen LogP contribution in [0.4, 0.5) is 0 Å². The number of benzene rings is 1. The van der Waals surface area contributed by atoms with Gasteiger partial charge >= 0.3 is 0 Å². The van der Waals surface area contributed by atoms with E-state index in [4.69, 9.17) is 5.73 Å². The first-order chi connectivity index (χ1) is 11.5. The SMILES string of the molecule is CC1(C(N)=O)CCCN(C(=O)CCCc2c[nH]c3ccccc23)C1. The van der Waals surface area contributed by atoms with Crippen LogP contribution in [0.15, 0.2) is 30.5 Å². The fourth-order valence-corrected chi connectivity index (χ4v) is 3.58. The number of aromatic nitrogens is 1. The zero-order valence-corrected chi connectivity index (χ0v) is 14.2. The van der Waals surface area contributed by atoms with Crippen molar-refractivity contribution in [3.63, 3.8) is 0 Å². The van der Waals surface area contributed by atoms with Crippen LogP contribution in [0, 0.1) is 5.41 Å². The van der Waals surface area contributed by atoms with E-state index in [1.54, 1.807) is 0 Å². The molecule has 1 atom stereocenters. The molecule has 128 valence electrons. The highest BCUT2D eigenvalue weighted by Gasteiger charge is 2.37. The molecule has 1 aromatic heterocycles. The van der Waals surface area contributed by atoms with Crippen molar-refractivity contribution in [2.75, 3.05) is 13.1 Å². The maximum absolute atomic E-state index is 12.5. The first-order valence-electron chi connectivity index (χ1n) is 8.62. The third-order valence-corrected chi connectivity index (χ3v) is 5.16. The number of rotatable bonds is 5. The number of para-hydroxylation sites is 1. The zero-order chi connectivity index (χ0) is 17.2. The summed E-state index contributed by atoms with van der Waals surface area (Å²) in [4.78, 5) is 29.2. The largest absolute Gasteiger partial charge is 0.369 e. The van der Waals surface area contributed by atoms with Crippen LogP contribution >= 0.6 is 0 Å². The lowest BCUT2D eigenvalue weighted by atomic mass is 9.81. The molecule has 2 amide bonds. The van der Waals surface area contributed by atoms with Crippen molar-refractivity contribution in [2.45, 2.75) is 39.0 Å². The summed E-state index contributed by atoms with van der Waals surface area (Å²) in [6.07, 6.45) is 5.82. The molecule has 5 nitrogen and oxygen atoms in total. The second-order valence-corrected chi connectivity index (χ2v) is 7.06. The van der Waals surface area contributed by atoms with E-state index in [-0.39, 0.29) is 11.8 Å². The average Bonchev–Trinajstić information content (AvgIpc) is 2.98. The molecular formula is C19H25N3O2. The van der Waals surface area contributed by atoms with Gasteiger partial charge in [0, 0.05) is 36.6 Å². The number of likely N-dealkylation sites (tertiary alicyclic amines) is 1. The summed E-state index contributed by atoms with van der Waals surface area (Å²) in [7, 11) is 0. The Balaban J connectivity index is 1.55. The van der Waals surface area contributed by atoms with Gasteiger partial charge in [-0.3, -0.25) is 9.59 Å². The summed E-state index contributed by atoms with van der Waals surface area (Å²) < 4.78 is 0. The van der Waals surface area contributed by atoms with Crippen LogP contribution in [0.2, 0.25) is 0 Å². The van der Waals surface area contributed by atoms with Gasteiger partial charge in [-0.05, 0) is 44.2 Å². The summed E-state index contributed by atoms with van der Waals surface area (Å²) in [6, 6.07) is 8.20. The van der Waals surface area contributed by atoms with Crippen molar-refractivity contribution in [1.82, 2.24) is 9.88 Å². The van der Waals surface area contributed by atoms with Gasteiger partial charge in [-0.1, -0.05) is 18.2 Å². The van der Waals surface area contributed by atoms with Crippen molar-refractivity contribution in [3.05, 3.63) is 36.0 Å². The maximum Gasteiger partial charge on any atom is 0.225 e. The third kappa shape index (κ3) is 3.30. The van der Waals surface area contributed by atoms with Crippen molar-refractivity contribution in [2.24, 2.45) is 11.1 Å². The number of aryl methyl sites for hydroxylation is 1. The first kappa shape index (κ1) is 16.6. The lowest BCUT2D eigenvalue weighted by Crippen LogP contribution is -2.50. The third-order valence-electron chi connectivity index (χ3n) is 5.16. The number of nitrogens with zero attached hydrogens (tertiary/aromatic N) is 1. The number of fused-ring (bicyclic) bond motifs is 1. The van der Waals surface area contributed by atoms with E-state index in [1.165, 1.54) is 10.9 Å². The van der Waals surface area contributed by atoms with Crippen LogP contribution in [0.25, 0.3) is 10.9 Å². The van der Waals surface area contributed by atoms with E-state index in [9.17, 15) is 9.59 Å². The van der Waals surface area contributed by atoms with Crippen molar-refractivity contribution in [3.8, 4) is 0 Å². The highest BCUT2D eigenvalue weighted by molar-refractivity contribution is 5.84. The zero-order valence-electron chi connectivity index (χ0n) is 14.2. The molecule has 0 bridgehead atoms. The summed E-state index contributed by atoms with van der Waals surface area (Å²) in [6.45, 7) is 3.05. The molecule has 1 unspecified atom stereocenters. The number of carbonyl (C=O) groups is 2. The monoisotopic (exact) mass is 327 g/mol.